The molecule has 1 aliphatic heterocycles. The van der Waals surface area contributed by atoms with E-state index in [9.17, 15) is 0 Å². The van der Waals surface area contributed by atoms with Gasteiger partial charge in [0.15, 0.2) is 0 Å². The Kier molecular flexibility index (Phi) is 3.22. The van der Waals surface area contributed by atoms with E-state index in [2.05, 4.69) is 74.5 Å². The van der Waals surface area contributed by atoms with Crippen molar-refractivity contribution in [3.8, 4) is 0 Å². The van der Waals surface area contributed by atoms with E-state index < -0.39 is 0 Å². The van der Waals surface area contributed by atoms with Crippen LogP contribution >= 0.6 is 0 Å². The van der Waals surface area contributed by atoms with Crippen molar-refractivity contribution in [2.75, 3.05) is 0 Å². The van der Waals surface area contributed by atoms with Crippen LogP contribution in [0.25, 0.3) is 11.1 Å². The molecule has 0 bridgehead atoms. The van der Waals surface area contributed by atoms with Crippen LogP contribution in [-0.4, -0.2) is 9.52 Å². The first-order valence-corrected chi connectivity index (χ1v) is 7.57. The van der Waals surface area contributed by atoms with Gasteiger partial charge in [-0.15, -0.1) is 0 Å². The van der Waals surface area contributed by atoms with Gasteiger partial charge in [-0.2, -0.15) is 0 Å². The maximum absolute atomic E-state index is 2.26. The Hall–Kier alpha value is -1.86. The minimum absolute atomic E-state index is 0.827. The summed E-state index contributed by atoms with van der Waals surface area (Å²) in [5.41, 5.74) is 5.54. The fourth-order valence-corrected chi connectivity index (χ4v) is 4.06. The second kappa shape index (κ2) is 5.02. The number of benzene rings is 2. The van der Waals surface area contributed by atoms with E-state index in [1.807, 2.05) is 0 Å². The lowest BCUT2D eigenvalue weighted by Crippen LogP contribution is -1.90. The van der Waals surface area contributed by atoms with Gasteiger partial charge in [-0.05, 0) is 36.1 Å². The van der Waals surface area contributed by atoms with E-state index in [1.54, 1.807) is 0 Å². The summed E-state index contributed by atoms with van der Waals surface area (Å²) in [4.78, 5) is 0. The van der Waals surface area contributed by atoms with Crippen LogP contribution in [0.4, 0.5) is 0 Å². The van der Waals surface area contributed by atoms with Crippen LogP contribution in [0.3, 0.4) is 0 Å². The maximum Gasteiger partial charge on any atom is 0.111 e. The van der Waals surface area contributed by atoms with Crippen molar-refractivity contribution in [1.29, 1.82) is 0 Å². The van der Waals surface area contributed by atoms with Crippen LogP contribution in [0.5, 0.6) is 0 Å². The predicted octanol–water partition coefficient (Wildman–Crippen LogP) is 4.57. The molecular formula is C18H16Si. The Balaban J connectivity index is 2.15. The molecule has 3 rings (SSSR count). The highest BCUT2D eigenvalue weighted by molar-refractivity contribution is 6.62. The molecule has 2 radical (unpaired) electrons. The molecule has 0 nitrogen and oxygen atoms in total. The zero-order chi connectivity index (χ0) is 13.2. The summed E-state index contributed by atoms with van der Waals surface area (Å²) < 4.78 is 0. The summed E-state index contributed by atoms with van der Waals surface area (Å²) >= 11 is 0. The van der Waals surface area contributed by atoms with Crippen molar-refractivity contribution in [3.05, 3.63) is 82.2 Å². The molecule has 0 amide bonds. The summed E-state index contributed by atoms with van der Waals surface area (Å²) in [6.45, 7) is 4.53. The van der Waals surface area contributed by atoms with Gasteiger partial charge in [-0.1, -0.05) is 71.1 Å². The van der Waals surface area contributed by atoms with Crippen molar-refractivity contribution in [3.63, 3.8) is 0 Å². The Bertz CT molecular complexity index is 589. The van der Waals surface area contributed by atoms with Crippen molar-refractivity contribution < 1.29 is 0 Å². The van der Waals surface area contributed by atoms with E-state index >= 15 is 0 Å². The minimum Gasteiger partial charge on any atom is -0.0745 e. The number of allylic oxidation sites excluding steroid dienone is 4. The quantitative estimate of drug-likeness (QED) is 0.694. The van der Waals surface area contributed by atoms with Crippen LogP contribution in [0, 0.1) is 0 Å². The monoisotopic (exact) mass is 260 g/mol. The molecule has 2 aromatic carbocycles. The molecule has 0 fully saturated rings. The van der Waals surface area contributed by atoms with Gasteiger partial charge in [-0.3, -0.25) is 0 Å². The lowest BCUT2D eigenvalue weighted by molar-refractivity contribution is 1.55. The van der Waals surface area contributed by atoms with Crippen LogP contribution < -0.4 is 0 Å². The van der Waals surface area contributed by atoms with Crippen molar-refractivity contribution >= 4 is 20.7 Å². The largest absolute Gasteiger partial charge is 0.111 e. The molecule has 0 atom stereocenters. The Labute approximate surface area is 117 Å². The molecule has 19 heavy (non-hydrogen) atoms. The summed E-state index contributed by atoms with van der Waals surface area (Å²) in [6, 6.07) is 21.5. The van der Waals surface area contributed by atoms with Gasteiger partial charge < -0.3 is 0 Å². The molecule has 2 aromatic rings. The Morgan fingerprint density at radius 1 is 0.579 bits per heavy atom. The summed E-state index contributed by atoms with van der Waals surface area (Å²) in [7, 11) is 0.827. The first-order valence-electron chi connectivity index (χ1n) is 6.57. The lowest BCUT2D eigenvalue weighted by atomic mass is 9.92. The lowest BCUT2D eigenvalue weighted by Gasteiger charge is -2.12. The molecule has 0 saturated heterocycles. The Morgan fingerprint density at radius 2 is 0.947 bits per heavy atom. The smallest absolute Gasteiger partial charge is 0.0745 e. The van der Waals surface area contributed by atoms with E-state index in [0.29, 0.717) is 0 Å². The molecule has 92 valence electrons. The second-order valence-electron chi connectivity index (χ2n) is 4.86. The molecule has 1 heterocycles. The fraction of sp³-hybridized carbons (Fsp3) is 0.111. The van der Waals surface area contributed by atoms with Crippen molar-refractivity contribution in [2.45, 2.75) is 13.8 Å². The van der Waals surface area contributed by atoms with Gasteiger partial charge in [0.2, 0.25) is 0 Å². The van der Waals surface area contributed by atoms with E-state index in [4.69, 9.17) is 0 Å². The SMILES string of the molecule is CC1=C(c2ccccc2)C(c2ccccc2)=C(C)[Si]1. The topological polar surface area (TPSA) is 0 Å². The normalized spacial score (nSPS) is 15.3. The van der Waals surface area contributed by atoms with Crippen LogP contribution in [0.2, 0.25) is 0 Å². The third-order valence-electron chi connectivity index (χ3n) is 3.50. The molecule has 0 aliphatic carbocycles. The highest BCUT2D eigenvalue weighted by Crippen LogP contribution is 2.40. The molecule has 0 N–H and O–H groups in total. The molecular weight excluding hydrogens is 244 g/mol. The van der Waals surface area contributed by atoms with Crippen molar-refractivity contribution in [1.82, 2.24) is 0 Å². The summed E-state index contributed by atoms with van der Waals surface area (Å²) in [5, 5.41) is 3.00. The fourth-order valence-electron chi connectivity index (χ4n) is 2.71. The van der Waals surface area contributed by atoms with E-state index in [-0.39, 0.29) is 0 Å². The van der Waals surface area contributed by atoms with Crippen LogP contribution in [0.1, 0.15) is 25.0 Å². The zero-order valence-corrected chi connectivity index (χ0v) is 12.3. The van der Waals surface area contributed by atoms with Gasteiger partial charge in [-0.25, -0.2) is 0 Å². The van der Waals surface area contributed by atoms with Gasteiger partial charge in [0.1, 0.15) is 9.52 Å². The minimum atomic E-state index is 0.827. The van der Waals surface area contributed by atoms with Crippen LogP contribution in [0.15, 0.2) is 71.1 Å². The third-order valence-corrected chi connectivity index (χ3v) is 4.75. The molecule has 1 heteroatoms. The highest BCUT2D eigenvalue weighted by atomic mass is 28.2. The van der Waals surface area contributed by atoms with Gasteiger partial charge >= 0.3 is 0 Å². The number of hydrogen-bond acceptors (Lipinski definition) is 0. The molecule has 1 aliphatic rings. The zero-order valence-electron chi connectivity index (χ0n) is 11.3. The summed E-state index contributed by atoms with van der Waals surface area (Å²) in [5.74, 6) is 0. The summed E-state index contributed by atoms with van der Waals surface area (Å²) in [6.07, 6.45) is 0. The number of rotatable bonds is 2. The first-order chi connectivity index (χ1) is 9.27. The predicted molar refractivity (Wildman–Crippen MR) is 83.8 cm³/mol. The van der Waals surface area contributed by atoms with Gasteiger partial charge in [0.05, 0.1) is 0 Å². The van der Waals surface area contributed by atoms with Gasteiger partial charge in [0.25, 0.3) is 0 Å². The van der Waals surface area contributed by atoms with E-state index in [0.717, 1.165) is 9.52 Å². The average molecular weight is 260 g/mol. The molecule has 0 unspecified atom stereocenters. The Morgan fingerprint density at radius 3 is 1.32 bits per heavy atom. The first kappa shape index (κ1) is 12.2. The second-order valence-corrected chi connectivity index (χ2v) is 6.61. The molecule has 0 spiro atoms. The van der Waals surface area contributed by atoms with Crippen molar-refractivity contribution in [2.24, 2.45) is 0 Å². The number of hydrogen-bond donors (Lipinski definition) is 0. The standard InChI is InChI=1S/C18H16Si/c1-13-17(15-9-5-3-6-10-15)18(14(2)19-13)16-11-7-4-8-12-16/h3-12H,1-2H3. The van der Waals surface area contributed by atoms with E-state index in [1.165, 1.54) is 32.7 Å². The molecule has 0 saturated carbocycles. The average Bonchev–Trinajstić information content (AvgIpc) is 2.75. The van der Waals surface area contributed by atoms with Gasteiger partial charge in [0, 0.05) is 0 Å². The third kappa shape index (κ3) is 2.22. The highest BCUT2D eigenvalue weighted by Gasteiger charge is 2.22. The maximum atomic E-state index is 2.26. The van der Waals surface area contributed by atoms with Crippen LogP contribution in [-0.2, 0) is 0 Å². The molecule has 0 aromatic heterocycles.